The van der Waals surface area contributed by atoms with Gasteiger partial charge in [0.25, 0.3) is 0 Å². The second-order valence-corrected chi connectivity index (χ2v) is 7.62. The van der Waals surface area contributed by atoms with E-state index in [0.29, 0.717) is 0 Å². The van der Waals surface area contributed by atoms with Gasteiger partial charge in [-0.2, -0.15) is 0 Å². The highest BCUT2D eigenvalue weighted by molar-refractivity contribution is 5.26. The Bertz CT molecular complexity index is 482. The highest BCUT2D eigenvalue weighted by Crippen LogP contribution is 2.50. The molecule has 2 saturated carbocycles. The lowest BCUT2D eigenvalue weighted by Gasteiger charge is -2.37. The third-order valence-electron chi connectivity index (χ3n) is 6.08. The van der Waals surface area contributed by atoms with Crippen LogP contribution in [0.2, 0.25) is 0 Å². The van der Waals surface area contributed by atoms with E-state index in [0.717, 1.165) is 29.7 Å². The highest BCUT2D eigenvalue weighted by Gasteiger charge is 2.42. The van der Waals surface area contributed by atoms with Crippen molar-refractivity contribution in [3.63, 3.8) is 0 Å². The molecule has 0 aliphatic heterocycles. The molecule has 4 unspecified atom stereocenters. The molecule has 0 spiro atoms. The SMILES string of the molecule is CC(C)(c1ccc(F)cc1)C(CC1CC2CCC1C2)NN. The minimum absolute atomic E-state index is 0.0930. The molecule has 2 fully saturated rings. The Hall–Kier alpha value is -0.930. The number of fused-ring (bicyclic) bond motifs is 2. The Morgan fingerprint density at radius 2 is 1.95 bits per heavy atom. The molecule has 1 aromatic carbocycles. The summed E-state index contributed by atoms with van der Waals surface area (Å²) in [5.74, 6) is 8.38. The van der Waals surface area contributed by atoms with Gasteiger partial charge in [0.15, 0.2) is 0 Å². The number of rotatable bonds is 5. The van der Waals surface area contributed by atoms with Gasteiger partial charge in [0, 0.05) is 11.5 Å². The number of nitrogens with one attached hydrogen (secondary N) is 1. The third kappa shape index (κ3) is 2.86. The van der Waals surface area contributed by atoms with Crippen molar-refractivity contribution in [2.24, 2.45) is 23.6 Å². The molecule has 1 aromatic rings. The molecule has 3 rings (SSSR count). The highest BCUT2D eigenvalue weighted by atomic mass is 19.1. The molecule has 3 heteroatoms. The van der Waals surface area contributed by atoms with Crippen molar-refractivity contribution >= 4 is 0 Å². The Labute approximate surface area is 127 Å². The molecule has 0 radical (unpaired) electrons. The molecule has 2 nitrogen and oxygen atoms in total. The van der Waals surface area contributed by atoms with E-state index in [1.54, 1.807) is 12.1 Å². The fourth-order valence-corrected chi connectivity index (χ4v) is 4.62. The number of hydrazine groups is 1. The van der Waals surface area contributed by atoms with Gasteiger partial charge in [0.05, 0.1) is 0 Å². The fraction of sp³-hybridized carbons (Fsp3) is 0.667. The maximum absolute atomic E-state index is 13.1. The van der Waals surface area contributed by atoms with Crippen LogP contribution in [-0.2, 0) is 5.41 Å². The third-order valence-corrected chi connectivity index (χ3v) is 6.08. The van der Waals surface area contributed by atoms with Crippen molar-refractivity contribution in [3.8, 4) is 0 Å². The van der Waals surface area contributed by atoms with Crippen LogP contribution < -0.4 is 11.3 Å². The summed E-state index contributed by atoms with van der Waals surface area (Å²) in [6.45, 7) is 4.41. The topological polar surface area (TPSA) is 38.0 Å². The maximum Gasteiger partial charge on any atom is 0.123 e. The summed E-state index contributed by atoms with van der Waals surface area (Å²) in [6, 6.07) is 7.10. The van der Waals surface area contributed by atoms with Crippen molar-refractivity contribution in [1.82, 2.24) is 5.43 Å². The monoisotopic (exact) mass is 290 g/mol. The first-order valence-corrected chi connectivity index (χ1v) is 8.23. The van der Waals surface area contributed by atoms with Crippen LogP contribution in [0.25, 0.3) is 0 Å². The van der Waals surface area contributed by atoms with Gasteiger partial charge in [-0.1, -0.05) is 32.4 Å². The van der Waals surface area contributed by atoms with Crippen LogP contribution in [0.1, 0.15) is 51.5 Å². The summed E-state index contributed by atoms with van der Waals surface area (Å²) in [7, 11) is 0. The zero-order chi connectivity index (χ0) is 15.0. The lowest BCUT2D eigenvalue weighted by Crippen LogP contribution is -2.49. The predicted molar refractivity (Wildman–Crippen MR) is 84.1 cm³/mol. The molecule has 2 aliphatic rings. The minimum Gasteiger partial charge on any atom is -0.271 e. The van der Waals surface area contributed by atoms with E-state index in [9.17, 15) is 4.39 Å². The van der Waals surface area contributed by atoms with Crippen molar-refractivity contribution in [3.05, 3.63) is 35.6 Å². The van der Waals surface area contributed by atoms with Crippen LogP contribution in [0.15, 0.2) is 24.3 Å². The first-order chi connectivity index (χ1) is 10.0. The van der Waals surface area contributed by atoms with Gasteiger partial charge < -0.3 is 0 Å². The first-order valence-electron chi connectivity index (χ1n) is 8.23. The van der Waals surface area contributed by atoms with E-state index in [2.05, 4.69) is 19.3 Å². The summed E-state index contributed by atoms with van der Waals surface area (Å²) in [6.07, 6.45) is 6.77. The largest absolute Gasteiger partial charge is 0.271 e. The molecule has 3 N–H and O–H groups in total. The molecule has 2 aliphatic carbocycles. The van der Waals surface area contributed by atoms with Gasteiger partial charge in [-0.05, 0) is 61.1 Å². The number of hydrogen-bond acceptors (Lipinski definition) is 2. The predicted octanol–water partition coefficient (Wildman–Crippen LogP) is 3.76. The fourth-order valence-electron chi connectivity index (χ4n) is 4.62. The van der Waals surface area contributed by atoms with Crippen LogP contribution in [0.4, 0.5) is 4.39 Å². The molecule has 2 bridgehead atoms. The molecule has 116 valence electrons. The van der Waals surface area contributed by atoms with E-state index >= 15 is 0 Å². The van der Waals surface area contributed by atoms with Gasteiger partial charge >= 0.3 is 0 Å². The molecule has 21 heavy (non-hydrogen) atoms. The van der Waals surface area contributed by atoms with Crippen LogP contribution in [0, 0.1) is 23.6 Å². The van der Waals surface area contributed by atoms with E-state index < -0.39 is 0 Å². The minimum atomic E-state index is -0.181. The number of hydrogen-bond donors (Lipinski definition) is 2. The van der Waals surface area contributed by atoms with Crippen molar-refractivity contribution in [1.29, 1.82) is 0 Å². The van der Waals surface area contributed by atoms with E-state index in [4.69, 9.17) is 5.84 Å². The van der Waals surface area contributed by atoms with E-state index in [1.165, 1.54) is 25.7 Å². The number of halogens is 1. The molecule has 0 saturated heterocycles. The Morgan fingerprint density at radius 1 is 1.24 bits per heavy atom. The zero-order valence-electron chi connectivity index (χ0n) is 13.1. The average molecular weight is 290 g/mol. The molecule has 0 aromatic heterocycles. The maximum atomic E-state index is 13.1. The van der Waals surface area contributed by atoms with Gasteiger partial charge in [-0.25, -0.2) is 4.39 Å². The van der Waals surface area contributed by atoms with Gasteiger partial charge in [-0.15, -0.1) is 0 Å². The summed E-state index contributed by atoms with van der Waals surface area (Å²) in [4.78, 5) is 0. The zero-order valence-corrected chi connectivity index (χ0v) is 13.1. The van der Waals surface area contributed by atoms with Crippen LogP contribution in [0.5, 0.6) is 0 Å². The standard InChI is InChI=1S/C18H27FN2/c1-18(2,15-5-7-16(19)8-6-15)17(21-20)11-14-10-12-3-4-13(14)9-12/h5-8,12-14,17,21H,3-4,9-11,20H2,1-2H3. The summed E-state index contributed by atoms with van der Waals surface area (Å²) in [5.41, 5.74) is 4.10. The van der Waals surface area contributed by atoms with Crippen LogP contribution in [-0.4, -0.2) is 6.04 Å². The summed E-state index contributed by atoms with van der Waals surface area (Å²) >= 11 is 0. The molecule has 4 atom stereocenters. The molecular weight excluding hydrogens is 263 g/mol. The summed E-state index contributed by atoms with van der Waals surface area (Å²) < 4.78 is 13.1. The van der Waals surface area contributed by atoms with Crippen LogP contribution in [0.3, 0.4) is 0 Å². The normalized spacial score (nSPS) is 29.8. The smallest absolute Gasteiger partial charge is 0.123 e. The Morgan fingerprint density at radius 3 is 2.48 bits per heavy atom. The van der Waals surface area contributed by atoms with Crippen molar-refractivity contribution in [2.75, 3.05) is 0 Å². The van der Waals surface area contributed by atoms with Crippen molar-refractivity contribution < 1.29 is 4.39 Å². The lowest BCUT2D eigenvalue weighted by molar-refractivity contribution is 0.229. The van der Waals surface area contributed by atoms with Gasteiger partial charge in [0.2, 0.25) is 0 Å². The van der Waals surface area contributed by atoms with E-state index in [1.807, 2.05) is 12.1 Å². The summed E-state index contributed by atoms with van der Waals surface area (Å²) in [5, 5.41) is 0. The quantitative estimate of drug-likeness (QED) is 0.640. The molecular formula is C18H27FN2. The molecule has 0 amide bonds. The Balaban J connectivity index is 1.73. The average Bonchev–Trinajstić information content (AvgIpc) is 3.07. The number of nitrogens with two attached hydrogens (primary N) is 1. The van der Waals surface area contributed by atoms with Gasteiger partial charge in [-0.3, -0.25) is 11.3 Å². The van der Waals surface area contributed by atoms with Gasteiger partial charge in [0.1, 0.15) is 5.82 Å². The van der Waals surface area contributed by atoms with E-state index in [-0.39, 0.29) is 17.3 Å². The second-order valence-electron chi connectivity index (χ2n) is 7.62. The number of benzene rings is 1. The molecule has 0 heterocycles. The van der Waals surface area contributed by atoms with Crippen LogP contribution >= 0.6 is 0 Å². The first kappa shape index (κ1) is 15.0. The second kappa shape index (κ2) is 5.69. The lowest BCUT2D eigenvalue weighted by atomic mass is 9.72. The van der Waals surface area contributed by atoms with Crippen molar-refractivity contribution in [2.45, 2.75) is 57.4 Å². The Kier molecular flexibility index (Phi) is 4.06.